The second-order valence-corrected chi connectivity index (χ2v) is 13.2. The van der Waals surface area contributed by atoms with Crippen molar-refractivity contribution in [1.82, 2.24) is 0 Å². The summed E-state index contributed by atoms with van der Waals surface area (Å²) in [5, 5.41) is 21.9. The maximum Gasteiger partial charge on any atom is 0.303 e. The molecule has 0 spiro atoms. The molecule has 51 heavy (non-hydrogen) atoms. The van der Waals surface area contributed by atoms with Crippen LogP contribution in [0, 0.1) is 0 Å². The van der Waals surface area contributed by atoms with Gasteiger partial charge in [-0.1, -0.05) is 78.1 Å². The average molecular weight is 735 g/mol. The first-order valence-electron chi connectivity index (χ1n) is 18.6. The molecule has 296 valence electrons. The third-order valence-corrected chi connectivity index (χ3v) is 8.64. The Balaban J connectivity index is 2.45. The molecule has 2 saturated heterocycles. The van der Waals surface area contributed by atoms with Gasteiger partial charge < -0.3 is 52.8 Å². The van der Waals surface area contributed by atoms with Crippen LogP contribution < -0.4 is 0 Å². The summed E-state index contributed by atoms with van der Waals surface area (Å²) in [5.41, 5.74) is 0. The molecule has 2 N–H and O–H groups in total. The molecule has 2 rings (SSSR count). The fourth-order valence-electron chi connectivity index (χ4n) is 6.12. The predicted molar refractivity (Wildman–Crippen MR) is 181 cm³/mol. The lowest BCUT2D eigenvalue weighted by Crippen LogP contribution is -2.66. The van der Waals surface area contributed by atoms with Crippen molar-refractivity contribution in [2.45, 2.75) is 180 Å². The Morgan fingerprint density at radius 1 is 0.529 bits per heavy atom. The molecule has 15 nitrogen and oxygen atoms in total. The number of rotatable bonds is 24. The van der Waals surface area contributed by atoms with Gasteiger partial charge in [-0.15, -0.1) is 0 Å². The van der Waals surface area contributed by atoms with Crippen LogP contribution in [0.15, 0.2) is 0 Å². The molecule has 0 amide bonds. The normalized spacial score (nSPS) is 29.3. The van der Waals surface area contributed by atoms with Gasteiger partial charge in [-0.3, -0.25) is 19.2 Å². The van der Waals surface area contributed by atoms with Crippen molar-refractivity contribution in [3.05, 3.63) is 0 Å². The molecule has 2 aliphatic rings. The molecule has 0 radical (unpaired) electrons. The van der Waals surface area contributed by atoms with Crippen molar-refractivity contribution in [2.75, 3.05) is 26.4 Å². The average Bonchev–Trinajstić information content (AvgIpc) is 3.06. The second-order valence-electron chi connectivity index (χ2n) is 13.2. The molecule has 0 aromatic heterocycles. The summed E-state index contributed by atoms with van der Waals surface area (Å²) in [6.07, 6.45) is -1.10. The van der Waals surface area contributed by atoms with Gasteiger partial charge in [0, 0.05) is 40.9 Å². The van der Waals surface area contributed by atoms with Gasteiger partial charge in [0.2, 0.25) is 0 Å². The number of aliphatic hydroxyl groups is 2. The standard InChI is InChI=1S/C36H62O15/c1-7-9-11-13-15-17-19-43-31-28(22-46-24(4)38)50-36(34(48-26(6)40)33(31)44-20-18-16-14-12-10-8-2)51-30-27(21-45-23(3)37)49-35(42)32(29(30)41)47-25(5)39/h27-36,41-42H,7-22H2,1-6H3/t27-,28-,29+,30-,31+,32-,33+,34-,35-,36+/m1/s1. The largest absolute Gasteiger partial charge is 0.463 e. The molecular weight excluding hydrogens is 672 g/mol. The molecule has 10 atom stereocenters. The molecule has 0 aromatic rings. The molecule has 0 unspecified atom stereocenters. The van der Waals surface area contributed by atoms with E-state index in [9.17, 15) is 29.4 Å². The highest BCUT2D eigenvalue weighted by atomic mass is 16.8. The lowest BCUT2D eigenvalue weighted by atomic mass is 9.96. The monoisotopic (exact) mass is 734 g/mol. The number of hydrogen-bond acceptors (Lipinski definition) is 15. The minimum Gasteiger partial charge on any atom is -0.463 e. The fraction of sp³-hybridized carbons (Fsp3) is 0.889. The van der Waals surface area contributed by atoms with Crippen LogP contribution in [-0.2, 0) is 61.8 Å². The van der Waals surface area contributed by atoms with E-state index in [0.29, 0.717) is 13.2 Å². The third-order valence-electron chi connectivity index (χ3n) is 8.64. The first-order valence-corrected chi connectivity index (χ1v) is 18.6. The molecule has 2 aliphatic heterocycles. The Kier molecular flexibility index (Phi) is 21.7. The molecule has 2 heterocycles. The predicted octanol–water partition coefficient (Wildman–Crippen LogP) is 3.66. The maximum absolute atomic E-state index is 12.6. The van der Waals surface area contributed by atoms with Crippen LogP contribution in [0.4, 0.5) is 0 Å². The van der Waals surface area contributed by atoms with Gasteiger partial charge in [0.15, 0.2) is 24.8 Å². The van der Waals surface area contributed by atoms with Crippen LogP contribution >= 0.6 is 0 Å². The molecule has 0 saturated carbocycles. The molecular formula is C36H62O15. The summed E-state index contributed by atoms with van der Waals surface area (Å²) >= 11 is 0. The molecule has 2 fully saturated rings. The SMILES string of the molecule is CCCCCCCCO[C@H]1[C@@H](OCCCCCCCC)[C@@H](COC(C)=O)O[C@@H](O[C@H]2[C@H](O)[C@@H](OC(C)=O)[C@H](O)O[C@@H]2COC(C)=O)[C@@H]1OC(C)=O. The minimum atomic E-state index is -1.79. The van der Waals surface area contributed by atoms with Crippen LogP contribution in [0.25, 0.3) is 0 Å². The lowest BCUT2D eigenvalue weighted by Gasteiger charge is -2.48. The summed E-state index contributed by atoms with van der Waals surface area (Å²) in [7, 11) is 0. The van der Waals surface area contributed by atoms with Crippen LogP contribution in [0.5, 0.6) is 0 Å². The van der Waals surface area contributed by atoms with E-state index in [4.69, 9.17) is 42.6 Å². The zero-order valence-electron chi connectivity index (χ0n) is 31.3. The summed E-state index contributed by atoms with van der Waals surface area (Å²) in [6.45, 7) is 8.97. The highest BCUT2D eigenvalue weighted by Crippen LogP contribution is 2.34. The smallest absolute Gasteiger partial charge is 0.303 e. The van der Waals surface area contributed by atoms with Gasteiger partial charge in [-0.05, 0) is 12.8 Å². The van der Waals surface area contributed by atoms with Crippen molar-refractivity contribution in [3.63, 3.8) is 0 Å². The highest BCUT2D eigenvalue weighted by molar-refractivity contribution is 5.67. The number of unbranched alkanes of at least 4 members (excludes halogenated alkanes) is 10. The zero-order valence-corrected chi connectivity index (χ0v) is 31.3. The first-order chi connectivity index (χ1) is 24.4. The molecule has 0 bridgehead atoms. The van der Waals surface area contributed by atoms with E-state index in [0.717, 1.165) is 84.0 Å². The Bertz CT molecular complexity index is 1020. The lowest BCUT2D eigenvalue weighted by molar-refractivity contribution is -0.361. The van der Waals surface area contributed by atoms with E-state index in [1.165, 1.54) is 20.8 Å². The van der Waals surface area contributed by atoms with Crippen molar-refractivity contribution >= 4 is 23.9 Å². The third kappa shape index (κ3) is 16.4. The Morgan fingerprint density at radius 3 is 1.47 bits per heavy atom. The summed E-state index contributed by atoms with van der Waals surface area (Å²) in [4.78, 5) is 48.0. The molecule has 0 aromatic carbocycles. The molecule has 0 aliphatic carbocycles. The van der Waals surface area contributed by atoms with Crippen molar-refractivity contribution in [3.8, 4) is 0 Å². The van der Waals surface area contributed by atoms with Gasteiger partial charge in [0.25, 0.3) is 0 Å². The zero-order chi connectivity index (χ0) is 37.8. The van der Waals surface area contributed by atoms with Crippen molar-refractivity contribution < 1.29 is 72.0 Å². The van der Waals surface area contributed by atoms with Crippen LogP contribution in [0.1, 0.15) is 119 Å². The Morgan fingerprint density at radius 2 is 0.980 bits per heavy atom. The molecule has 15 heteroatoms. The summed E-state index contributed by atoms with van der Waals surface area (Å²) in [5.74, 6) is -2.71. The van der Waals surface area contributed by atoms with E-state index < -0.39 is 91.9 Å². The van der Waals surface area contributed by atoms with Gasteiger partial charge in [0.1, 0.15) is 49.8 Å². The summed E-state index contributed by atoms with van der Waals surface area (Å²) < 4.78 is 52.4. The maximum atomic E-state index is 12.6. The minimum absolute atomic E-state index is 0.255. The van der Waals surface area contributed by atoms with E-state index in [1.807, 2.05) is 0 Å². The van der Waals surface area contributed by atoms with Crippen LogP contribution in [0.3, 0.4) is 0 Å². The fourth-order valence-corrected chi connectivity index (χ4v) is 6.12. The number of hydrogen-bond donors (Lipinski definition) is 2. The van der Waals surface area contributed by atoms with E-state index in [1.54, 1.807) is 0 Å². The van der Waals surface area contributed by atoms with Crippen LogP contribution in [-0.4, -0.2) is 122 Å². The van der Waals surface area contributed by atoms with Gasteiger partial charge >= 0.3 is 23.9 Å². The number of carbonyl (C=O) groups is 4. The Hall–Kier alpha value is -2.40. The number of ether oxygens (including phenoxy) is 9. The van der Waals surface area contributed by atoms with Crippen LogP contribution in [0.2, 0.25) is 0 Å². The first kappa shape index (κ1) is 44.8. The van der Waals surface area contributed by atoms with Gasteiger partial charge in [-0.25, -0.2) is 0 Å². The van der Waals surface area contributed by atoms with E-state index >= 15 is 0 Å². The van der Waals surface area contributed by atoms with E-state index in [2.05, 4.69) is 13.8 Å². The topological polar surface area (TPSA) is 192 Å². The van der Waals surface area contributed by atoms with E-state index in [-0.39, 0.29) is 6.61 Å². The number of esters is 4. The highest BCUT2D eigenvalue weighted by Gasteiger charge is 2.54. The van der Waals surface area contributed by atoms with Gasteiger partial charge in [0.05, 0.1) is 0 Å². The number of aliphatic hydroxyl groups excluding tert-OH is 2. The Labute approximate surface area is 302 Å². The van der Waals surface area contributed by atoms with Crippen molar-refractivity contribution in [2.24, 2.45) is 0 Å². The van der Waals surface area contributed by atoms with Gasteiger partial charge in [-0.2, -0.15) is 0 Å². The quantitative estimate of drug-likeness (QED) is 0.0829. The number of carbonyl (C=O) groups excluding carboxylic acids is 4. The second kappa shape index (κ2) is 24.8. The summed E-state index contributed by atoms with van der Waals surface area (Å²) in [6, 6.07) is 0. The van der Waals surface area contributed by atoms with Crippen molar-refractivity contribution in [1.29, 1.82) is 0 Å².